The van der Waals surface area contributed by atoms with E-state index in [2.05, 4.69) is 111 Å². The SMILES string of the molecule is CC/C=C\C/C=C\C/C=C\C/C=C\C/C=C\CCCCCCCCCC(=O)OC(CO)COCCCCCC/C=C\C/C=C\C/C=C\CC. The molecule has 0 rings (SSSR count). The van der Waals surface area contributed by atoms with Gasteiger partial charge in [-0.05, 0) is 89.9 Å². The van der Waals surface area contributed by atoms with E-state index in [0.717, 1.165) is 96.3 Å². The summed E-state index contributed by atoms with van der Waals surface area (Å²) in [5.41, 5.74) is 0. The third-order valence-electron chi connectivity index (χ3n) is 7.90. The van der Waals surface area contributed by atoms with Gasteiger partial charge in [0, 0.05) is 13.0 Å². The fourth-order valence-corrected chi connectivity index (χ4v) is 5.01. The summed E-state index contributed by atoms with van der Waals surface area (Å²) in [7, 11) is 0. The number of hydrogen-bond donors (Lipinski definition) is 1. The maximum absolute atomic E-state index is 12.2. The van der Waals surface area contributed by atoms with Crippen molar-refractivity contribution in [2.24, 2.45) is 0 Å². The van der Waals surface area contributed by atoms with Crippen LogP contribution in [0, 0.1) is 0 Å². The Balaban J connectivity index is 3.55. The van der Waals surface area contributed by atoms with Crippen LogP contribution in [0.5, 0.6) is 0 Å². The summed E-state index contributed by atoms with van der Waals surface area (Å²) in [4.78, 5) is 12.2. The number of carbonyl (C=O) groups excluding carboxylic acids is 1. The van der Waals surface area contributed by atoms with E-state index in [-0.39, 0.29) is 19.2 Å². The predicted molar refractivity (Wildman–Crippen MR) is 214 cm³/mol. The first-order valence-electron chi connectivity index (χ1n) is 19.8. The molecule has 0 saturated heterocycles. The van der Waals surface area contributed by atoms with Gasteiger partial charge in [-0.1, -0.05) is 156 Å². The number of aliphatic hydroxyl groups is 1. The lowest BCUT2D eigenvalue weighted by Gasteiger charge is -2.15. The zero-order valence-corrected chi connectivity index (χ0v) is 31.7. The lowest BCUT2D eigenvalue weighted by Crippen LogP contribution is -2.27. The zero-order chi connectivity index (χ0) is 35.6. The molecule has 1 N–H and O–H groups in total. The Kier molecular flexibility index (Phi) is 39.2. The van der Waals surface area contributed by atoms with Crippen LogP contribution in [0.25, 0.3) is 0 Å². The minimum Gasteiger partial charge on any atom is -0.457 e. The van der Waals surface area contributed by atoms with Crippen LogP contribution in [0.4, 0.5) is 0 Å². The summed E-state index contributed by atoms with van der Waals surface area (Å²) in [5, 5.41) is 9.57. The Bertz CT molecular complexity index is 934. The molecule has 278 valence electrons. The Hall–Kier alpha value is -2.69. The molecule has 0 aliphatic carbocycles. The van der Waals surface area contributed by atoms with Crippen LogP contribution in [0.3, 0.4) is 0 Å². The van der Waals surface area contributed by atoms with Crippen molar-refractivity contribution in [3.8, 4) is 0 Å². The summed E-state index contributed by atoms with van der Waals surface area (Å²) < 4.78 is 11.1. The number of aliphatic hydroxyl groups excluding tert-OH is 1. The number of carbonyl (C=O) groups is 1. The fraction of sp³-hybridized carbons (Fsp3) is 0.622. The van der Waals surface area contributed by atoms with Gasteiger partial charge in [0.1, 0.15) is 6.10 Å². The molecule has 0 bridgehead atoms. The minimum atomic E-state index is -0.558. The molecule has 0 aliphatic rings. The molecular formula is C45H74O4. The Morgan fingerprint density at radius 2 is 0.857 bits per heavy atom. The zero-order valence-electron chi connectivity index (χ0n) is 31.7. The molecule has 0 heterocycles. The average molecular weight is 679 g/mol. The average Bonchev–Trinajstić information content (AvgIpc) is 3.11. The molecule has 0 spiro atoms. The van der Waals surface area contributed by atoms with Crippen LogP contribution in [-0.2, 0) is 14.3 Å². The van der Waals surface area contributed by atoms with Crippen LogP contribution in [0.15, 0.2) is 97.2 Å². The van der Waals surface area contributed by atoms with Gasteiger partial charge in [0.15, 0.2) is 0 Å². The van der Waals surface area contributed by atoms with Crippen molar-refractivity contribution in [3.63, 3.8) is 0 Å². The maximum atomic E-state index is 12.2. The van der Waals surface area contributed by atoms with Gasteiger partial charge in [-0.25, -0.2) is 0 Å². The van der Waals surface area contributed by atoms with E-state index in [1.165, 1.54) is 38.5 Å². The van der Waals surface area contributed by atoms with Crippen LogP contribution in [0.2, 0.25) is 0 Å². The summed E-state index contributed by atoms with van der Waals surface area (Å²) in [6, 6.07) is 0. The Morgan fingerprint density at radius 1 is 0.490 bits per heavy atom. The second-order valence-corrected chi connectivity index (χ2v) is 12.6. The molecule has 0 aromatic carbocycles. The highest BCUT2D eigenvalue weighted by atomic mass is 16.6. The van der Waals surface area contributed by atoms with Crippen molar-refractivity contribution in [1.29, 1.82) is 0 Å². The van der Waals surface area contributed by atoms with Gasteiger partial charge in [-0.3, -0.25) is 4.79 Å². The summed E-state index contributed by atoms with van der Waals surface area (Å²) in [6.07, 6.45) is 58.8. The van der Waals surface area contributed by atoms with Crippen molar-refractivity contribution < 1.29 is 19.4 Å². The topological polar surface area (TPSA) is 55.8 Å². The molecule has 0 aliphatic heterocycles. The Morgan fingerprint density at radius 3 is 1.29 bits per heavy atom. The molecule has 0 aromatic rings. The summed E-state index contributed by atoms with van der Waals surface area (Å²) in [6.45, 7) is 5.04. The van der Waals surface area contributed by atoms with Crippen molar-refractivity contribution in [3.05, 3.63) is 97.2 Å². The third kappa shape index (κ3) is 39.6. The largest absolute Gasteiger partial charge is 0.457 e. The van der Waals surface area contributed by atoms with Crippen molar-refractivity contribution in [2.45, 2.75) is 161 Å². The van der Waals surface area contributed by atoms with E-state index >= 15 is 0 Å². The highest BCUT2D eigenvalue weighted by Gasteiger charge is 2.13. The van der Waals surface area contributed by atoms with Crippen molar-refractivity contribution in [2.75, 3.05) is 19.8 Å². The van der Waals surface area contributed by atoms with Gasteiger partial charge in [0.25, 0.3) is 0 Å². The molecule has 0 amide bonds. The van der Waals surface area contributed by atoms with Crippen LogP contribution in [0.1, 0.15) is 155 Å². The van der Waals surface area contributed by atoms with E-state index in [9.17, 15) is 9.90 Å². The van der Waals surface area contributed by atoms with Gasteiger partial charge in [0.2, 0.25) is 0 Å². The van der Waals surface area contributed by atoms with Gasteiger partial charge in [-0.2, -0.15) is 0 Å². The monoisotopic (exact) mass is 679 g/mol. The number of unbranched alkanes of at least 4 members (excludes halogenated alkanes) is 11. The number of rotatable bonds is 35. The van der Waals surface area contributed by atoms with E-state index in [1.807, 2.05) is 0 Å². The number of hydrogen-bond acceptors (Lipinski definition) is 4. The molecule has 4 nitrogen and oxygen atoms in total. The van der Waals surface area contributed by atoms with Crippen LogP contribution >= 0.6 is 0 Å². The minimum absolute atomic E-state index is 0.192. The van der Waals surface area contributed by atoms with E-state index in [1.54, 1.807) is 0 Å². The van der Waals surface area contributed by atoms with E-state index in [0.29, 0.717) is 13.0 Å². The number of esters is 1. The van der Waals surface area contributed by atoms with E-state index < -0.39 is 6.10 Å². The van der Waals surface area contributed by atoms with Crippen LogP contribution in [-0.4, -0.2) is 37.0 Å². The smallest absolute Gasteiger partial charge is 0.306 e. The molecule has 49 heavy (non-hydrogen) atoms. The third-order valence-corrected chi connectivity index (χ3v) is 7.90. The normalized spacial score (nSPS) is 13.4. The van der Waals surface area contributed by atoms with Gasteiger partial charge >= 0.3 is 5.97 Å². The quantitative estimate of drug-likeness (QED) is 0.0412. The van der Waals surface area contributed by atoms with Crippen molar-refractivity contribution in [1.82, 2.24) is 0 Å². The fourth-order valence-electron chi connectivity index (χ4n) is 5.01. The summed E-state index contributed by atoms with van der Waals surface area (Å²) in [5.74, 6) is -0.225. The van der Waals surface area contributed by atoms with E-state index in [4.69, 9.17) is 9.47 Å². The highest BCUT2D eigenvalue weighted by Crippen LogP contribution is 2.11. The van der Waals surface area contributed by atoms with Crippen LogP contribution < -0.4 is 0 Å². The molecule has 0 fully saturated rings. The summed E-state index contributed by atoms with van der Waals surface area (Å²) >= 11 is 0. The standard InChI is InChI=1S/C45H74O4/c1-3-5-7-9-11-13-15-17-19-20-21-22-23-24-25-26-27-28-30-32-34-36-38-40-45(47)49-44(42-46)43-48-41-39-37-35-33-31-29-18-16-14-12-10-8-6-4-2/h5-8,11-14,17-19,21-22,24-25,29,44,46H,3-4,9-10,15-16,20,23,26-28,30-43H2,1-2H3/b7-5-,8-6-,13-11-,14-12-,19-17-,22-21-,25-24-,29-18-. The Labute approximate surface area is 302 Å². The number of allylic oxidation sites excluding steroid dienone is 16. The predicted octanol–water partition coefficient (Wildman–Crippen LogP) is 13.0. The maximum Gasteiger partial charge on any atom is 0.306 e. The molecule has 4 heteroatoms. The lowest BCUT2D eigenvalue weighted by atomic mass is 10.1. The lowest BCUT2D eigenvalue weighted by molar-refractivity contribution is -0.154. The highest BCUT2D eigenvalue weighted by molar-refractivity contribution is 5.69. The first-order valence-corrected chi connectivity index (χ1v) is 19.8. The molecule has 1 atom stereocenters. The first kappa shape index (κ1) is 46.3. The second-order valence-electron chi connectivity index (χ2n) is 12.6. The first-order chi connectivity index (χ1) is 24.2. The van der Waals surface area contributed by atoms with Gasteiger partial charge in [-0.15, -0.1) is 0 Å². The molecule has 0 aromatic heterocycles. The van der Waals surface area contributed by atoms with Crippen molar-refractivity contribution >= 4 is 5.97 Å². The van der Waals surface area contributed by atoms with Gasteiger partial charge in [0.05, 0.1) is 13.2 Å². The number of ether oxygens (including phenoxy) is 2. The molecular weight excluding hydrogens is 604 g/mol. The second kappa shape index (κ2) is 41.5. The molecule has 0 radical (unpaired) electrons. The molecule has 1 unspecified atom stereocenters. The molecule has 0 saturated carbocycles. The van der Waals surface area contributed by atoms with Gasteiger partial charge < -0.3 is 14.6 Å².